The van der Waals surface area contributed by atoms with Crippen LogP contribution in [0.3, 0.4) is 0 Å². The Labute approximate surface area is 210 Å². The standard InChI is InChI=1S/C24H24FN5O5S/c1-15(31)26-13-17-14-30(24(33)34-17)16-4-5-20(18(25)11-16)28-6-8-29(9-7-28)23(32)21-12-19(27-35-21)22-3-2-10-36-22/h2-5,10-12,17H,6-9,13-14H2,1H3,(H,26,31)/t17-/m0/s1. The van der Waals surface area contributed by atoms with Crippen molar-refractivity contribution in [2.45, 2.75) is 13.0 Å². The van der Waals surface area contributed by atoms with E-state index in [4.69, 9.17) is 9.26 Å². The Morgan fingerprint density at radius 3 is 2.69 bits per heavy atom. The molecule has 2 saturated heterocycles. The van der Waals surface area contributed by atoms with E-state index in [2.05, 4.69) is 10.5 Å². The first-order valence-electron chi connectivity index (χ1n) is 11.5. The fourth-order valence-corrected chi connectivity index (χ4v) is 4.92. The van der Waals surface area contributed by atoms with Crippen molar-refractivity contribution >= 4 is 40.6 Å². The van der Waals surface area contributed by atoms with Crippen LogP contribution >= 0.6 is 11.3 Å². The minimum absolute atomic E-state index is 0.177. The first-order chi connectivity index (χ1) is 17.4. The van der Waals surface area contributed by atoms with Crippen molar-refractivity contribution < 1.29 is 28.0 Å². The van der Waals surface area contributed by atoms with Crippen LogP contribution in [0.1, 0.15) is 17.5 Å². The lowest BCUT2D eigenvalue weighted by Gasteiger charge is -2.35. The number of hydrogen-bond donors (Lipinski definition) is 1. The smallest absolute Gasteiger partial charge is 0.414 e. The summed E-state index contributed by atoms with van der Waals surface area (Å²) in [4.78, 5) is 42.0. The quantitative estimate of drug-likeness (QED) is 0.540. The Morgan fingerprint density at radius 1 is 1.19 bits per heavy atom. The van der Waals surface area contributed by atoms with Gasteiger partial charge in [0.1, 0.15) is 17.6 Å². The van der Waals surface area contributed by atoms with E-state index >= 15 is 4.39 Å². The third-order valence-electron chi connectivity index (χ3n) is 6.10. The maximum absolute atomic E-state index is 15.0. The van der Waals surface area contributed by atoms with Crippen molar-refractivity contribution in [3.63, 3.8) is 0 Å². The van der Waals surface area contributed by atoms with Gasteiger partial charge in [-0.2, -0.15) is 0 Å². The highest BCUT2D eigenvalue weighted by Gasteiger charge is 2.33. The molecule has 2 aromatic heterocycles. The van der Waals surface area contributed by atoms with Crippen LogP contribution in [-0.2, 0) is 9.53 Å². The zero-order valence-electron chi connectivity index (χ0n) is 19.5. The number of piperazine rings is 1. The summed E-state index contributed by atoms with van der Waals surface area (Å²) < 4.78 is 25.6. The van der Waals surface area contributed by atoms with E-state index in [0.717, 1.165) is 4.88 Å². The molecule has 2 fully saturated rings. The fourth-order valence-electron chi connectivity index (χ4n) is 4.24. The van der Waals surface area contributed by atoms with E-state index in [1.54, 1.807) is 23.1 Å². The summed E-state index contributed by atoms with van der Waals surface area (Å²) >= 11 is 1.51. The topological polar surface area (TPSA) is 108 Å². The molecule has 12 heteroatoms. The van der Waals surface area contributed by atoms with Gasteiger partial charge in [0, 0.05) is 39.2 Å². The van der Waals surface area contributed by atoms with Crippen molar-refractivity contribution in [1.29, 1.82) is 0 Å². The molecule has 2 aliphatic heterocycles. The summed E-state index contributed by atoms with van der Waals surface area (Å²) in [6.07, 6.45) is -1.08. The van der Waals surface area contributed by atoms with Gasteiger partial charge in [0.25, 0.3) is 5.91 Å². The number of ether oxygens (including phenoxy) is 1. The van der Waals surface area contributed by atoms with E-state index in [0.29, 0.717) is 43.2 Å². The van der Waals surface area contributed by atoms with Crippen LogP contribution in [0.4, 0.5) is 20.6 Å². The van der Waals surface area contributed by atoms with Gasteiger partial charge >= 0.3 is 6.09 Å². The molecule has 0 unspecified atom stereocenters. The molecule has 0 spiro atoms. The zero-order chi connectivity index (χ0) is 25.2. The van der Waals surface area contributed by atoms with Crippen LogP contribution in [0.25, 0.3) is 10.6 Å². The van der Waals surface area contributed by atoms with Crippen LogP contribution in [0, 0.1) is 5.82 Å². The molecule has 36 heavy (non-hydrogen) atoms. The second kappa shape index (κ2) is 9.97. The highest BCUT2D eigenvalue weighted by molar-refractivity contribution is 7.13. The first kappa shape index (κ1) is 23.8. The number of carbonyl (C=O) groups is 3. The number of rotatable bonds is 6. The monoisotopic (exact) mass is 513 g/mol. The first-order valence-corrected chi connectivity index (χ1v) is 12.3. The highest BCUT2D eigenvalue weighted by Crippen LogP contribution is 2.29. The number of benzene rings is 1. The second-order valence-electron chi connectivity index (χ2n) is 8.52. The largest absolute Gasteiger partial charge is 0.442 e. The molecule has 1 aromatic carbocycles. The van der Waals surface area contributed by atoms with Crippen LogP contribution in [-0.4, -0.2) is 73.3 Å². The minimum Gasteiger partial charge on any atom is -0.442 e. The summed E-state index contributed by atoms with van der Waals surface area (Å²) in [5.74, 6) is -0.759. The second-order valence-corrected chi connectivity index (χ2v) is 9.47. The van der Waals surface area contributed by atoms with Gasteiger partial charge in [0.05, 0.1) is 29.3 Å². The molecule has 1 atom stereocenters. The van der Waals surface area contributed by atoms with E-state index in [-0.39, 0.29) is 30.7 Å². The highest BCUT2D eigenvalue weighted by atomic mass is 32.1. The Bertz CT molecular complexity index is 1270. The number of hydrogen-bond acceptors (Lipinski definition) is 8. The Balaban J connectivity index is 1.19. The number of nitrogens with one attached hydrogen (secondary N) is 1. The normalized spacial score (nSPS) is 17.9. The average Bonchev–Trinajstić information content (AvgIpc) is 3.63. The summed E-state index contributed by atoms with van der Waals surface area (Å²) in [6.45, 7) is 3.49. The fraction of sp³-hybridized carbons (Fsp3) is 0.333. The van der Waals surface area contributed by atoms with Gasteiger partial charge in [-0.1, -0.05) is 11.2 Å². The Hall–Kier alpha value is -3.93. The van der Waals surface area contributed by atoms with Gasteiger partial charge in [0.15, 0.2) is 0 Å². The Kier molecular flexibility index (Phi) is 6.59. The molecule has 2 aliphatic rings. The molecule has 0 aliphatic carbocycles. The number of halogens is 1. The number of nitrogens with zero attached hydrogens (tertiary/aromatic N) is 4. The third-order valence-corrected chi connectivity index (χ3v) is 6.99. The van der Waals surface area contributed by atoms with Crippen molar-refractivity contribution in [1.82, 2.24) is 15.4 Å². The summed E-state index contributed by atoms with van der Waals surface area (Å²) in [6, 6.07) is 10.0. The molecular weight excluding hydrogens is 489 g/mol. The predicted octanol–water partition coefficient (Wildman–Crippen LogP) is 2.97. The van der Waals surface area contributed by atoms with Crippen molar-refractivity contribution in [3.8, 4) is 10.6 Å². The molecule has 3 amide bonds. The lowest BCUT2D eigenvalue weighted by atomic mass is 10.2. The Morgan fingerprint density at radius 2 is 2.00 bits per heavy atom. The van der Waals surface area contributed by atoms with E-state index in [1.165, 1.54) is 29.2 Å². The van der Waals surface area contributed by atoms with Crippen LogP contribution in [0.15, 0.2) is 46.3 Å². The van der Waals surface area contributed by atoms with Crippen LogP contribution in [0.5, 0.6) is 0 Å². The van der Waals surface area contributed by atoms with Gasteiger partial charge in [-0.3, -0.25) is 14.5 Å². The summed E-state index contributed by atoms with van der Waals surface area (Å²) in [5.41, 5.74) is 1.40. The SMILES string of the molecule is CC(=O)NC[C@H]1CN(c2ccc(N3CCN(C(=O)c4cc(-c5cccs5)no4)CC3)c(F)c2)C(=O)O1. The lowest BCUT2D eigenvalue weighted by Crippen LogP contribution is -2.49. The van der Waals surface area contributed by atoms with Gasteiger partial charge in [-0.25, -0.2) is 9.18 Å². The van der Waals surface area contributed by atoms with E-state index in [9.17, 15) is 14.4 Å². The van der Waals surface area contributed by atoms with Gasteiger partial charge in [-0.15, -0.1) is 11.3 Å². The van der Waals surface area contributed by atoms with E-state index in [1.807, 2.05) is 22.4 Å². The molecule has 188 valence electrons. The van der Waals surface area contributed by atoms with Crippen molar-refractivity contribution in [2.75, 3.05) is 49.1 Å². The molecule has 10 nitrogen and oxygen atoms in total. The zero-order valence-corrected chi connectivity index (χ0v) is 20.3. The van der Waals surface area contributed by atoms with Crippen LogP contribution in [0.2, 0.25) is 0 Å². The third kappa shape index (κ3) is 4.89. The molecule has 3 aromatic rings. The molecular formula is C24H24FN5O5S. The number of aromatic nitrogens is 1. The average molecular weight is 514 g/mol. The van der Waals surface area contributed by atoms with Gasteiger partial charge in [0.2, 0.25) is 11.7 Å². The maximum Gasteiger partial charge on any atom is 0.414 e. The van der Waals surface area contributed by atoms with Crippen molar-refractivity contribution in [2.24, 2.45) is 0 Å². The molecule has 0 saturated carbocycles. The lowest BCUT2D eigenvalue weighted by molar-refractivity contribution is -0.119. The van der Waals surface area contributed by atoms with E-state index < -0.39 is 18.0 Å². The molecule has 5 rings (SSSR count). The number of anilines is 2. The molecule has 4 heterocycles. The number of thiophene rings is 1. The number of cyclic esters (lactones) is 1. The van der Waals surface area contributed by atoms with Gasteiger partial charge in [-0.05, 0) is 29.6 Å². The number of carbonyl (C=O) groups excluding carboxylic acids is 3. The maximum atomic E-state index is 15.0. The molecule has 0 radical (unpaired) electrons. The summed E-state index contributed by atoms with van der Waals surface area (Å²) in [7, 11) is 0. The molecule has 1 N–H and O–H groups in total. The molecule has 0 bridgehead atoms. The van der Waals surface area contributed by atoms with Gasteiger partial charge < -0.3 is 24.4 Å². The number of amides is 3. The minimum atomic E-state index is -0.584. The van der Waals surface area contributed by atoms with Crippen LogP contribution < -0.4 is 15.1 Å². The van der Waals surface area contributed by atoms with Crippen molar-refractivity contribution in [3.05, 3.63) is 53.4 Å². The summed E-state index contributed by atoms with van der Waals surface area (Å²) in [5, 5.41) is 8.53. The predicted molar refractivity (Wildman–Crippen MR) is 131 cm³/mol.